The van der Waals surface area contributed by atoms with Gasteiger partial charge in [-0.25, -0.2) is 0 Å². The molecule has 0 unspecified atom stereocenters. The van der Waals surface area contributed by atoms with E-state index in [0.717, 1.165) is 4.90 Å². The van der Waals surface area contributed by atoms with E-state index in [1.807, 2.05) is 0 Å². The van der Waals surface area contributed by atoms with Crippen molar-refractivity contribution in [2.24, 2.45) is 0 Å². The lowest BCUT2D eigenvalue weighted by molar-refractivity contribution is -0.186. The van der Waals surface area contributed by atoms with Crippen molar-refractivity contribution in [1.82, 2.24) is 4.90 Å². The van der Waals surface area contributed by atoms with Gasteiger partial charge in [-0.2, -0.15) is 13.2 Å². The number of methoxy groups -OCH3 is 1. The Bertz CT molecular complexity index is 213. The Kier molecular flexibility index (Phi) is 3.36. The summed E-state index contributed by atoms with van der Waals surface area (Å²) in [7, 11) is 1.39. The molecule has 0 aliphatic heterocycles. The number of nitrogens with zero attached hydrogens (tertiary/aromatic N) is 1. The van der Waals surface area contributed by atoms with Crippen molar-refractivity contribution in [1.29, 1.82) is 0 Å². The van der Waals surface area contributed by atoms with Crippen LogP contribution in [0, 0.1) is 0 Å². The lowest BCUT2D eigenvalue weighted by atomic mass is 10.4. The van der Waals surface area contributed by atoms with Gasteiger partial charge in [-0.05, 0) is 12.8 Å². The van der Waals surface area contributed by atoms with Crippen molar-refractivity contribution in [2.75, 3.05) is 20.3 Å². The van der Waals surface area contributed by atoms with Gasteiger partial charge in [0.05, 0.1) is 6.61 Å². The predicted octanol–water partition coefficient (Wildman–Crippen LogP) is 1.19. The molecule has 0 aromatic heterocycles. The molecule has 14 heavy (non-hydrogen) atoms. The summed E-state index contributed by atoms with van der Waals surface area (Å²) in [6, 6.07) is -0.237. The lowest BCUT2D eigenvalue weighted by Crippen LogP contribution is -2.44. The molecule has 0 N–H and O–H groups in total. The van der Waals surface area contributed by atoms with Crippen LogP contribution in [-0.2, 0) is 9.53 Å². The summed E-state index contributed by atoms with van der Waals surface area (Å²) in [5.74, 6) is -1.75. The van der Waals surface area contributed by atoms with E-state index >= 15 is 0 Å². The fourth-order valence-electron chi connectivity index (χ4n) is 1.19. The summed E-state index contributed by atoms with van der Waals surface area (Å²) in [6.07, 6.45) is -3.45. The third kappa shape index (κ3) is 2.87. The summed E-state index contributed by atoms with van der Waals surface area (Å²) in [5.41, 5.74) is 0. The molecule has 1 rings (SSSR count). The molecule has 0 bridgehead atoms. The van der Waals surface area contributed by atoms with Crippen molar-refractivity contribution >= 4 is 5.91 Å². The first kappa shape index (κ1) is 11.3. The van der Waals surface area contributed by atoms with Gasteiger partial charge in [-0.15, -0.1) is 0 Å². The average Bonchev–Trinajstić information content (AvgIpc) is 2.86. The summed E-state index contributed by atoms with van der Waals surface area (Å²) in [6.45, 7) is 0.151. The molecule has 0 radical (unpaired) electrons. The van der Waals surface area contributed by atoms with Gasteiger partial charge in [0.15, 0.2) is 0 Å². The normalized spacial score (nSPS) is 16.9. The van der Waals surface area contributed by atoms with E-state index in [2.05, 4.69) is 4.74 Å². The zero-order valence-electron chi connectivity index (χ0n) is 7.80. The van der Waals surface area contributed by atoms with Crippen LogP contribution in [0.3, 0.4) is 0 Å². The second kappa shape index (κ2) is 4.16. The fourth-order valence-corrected chi connectivity index (χ4v) is 1.19. The van der Waals surface area contributed by atoms with Crippen LogP contribution in [0.1, 0.15) is 12.8 Å². The highest BCUT2D eigenvalue weighted by atomic mass is 19.4. The van der Waals surface area contributed by atoms with E-state index in [9.17, 15) is 18.0 Å². The molecule has 1 fully saturated rings. The van der Waals surface area contributed by atoms with Crippen molar-refractivity contribution < 1.29 is 22.7 Å². The Morgan fingerprint density at radius 1 is 1.50 bits per heavy atom. The Hall–Kier alpha value is -0.780. The maximum absolute atomic E-state index is 12.1. The van der Waals surface area contributed by atoms with Gasteiger partial charge in [0, 0.05) is 19.7 Å². The Labute approximate surface area is 79.8 Å². The van der Waals surface area contributed by atoms with Crippen LogP contribution in [0.25, 0.3) is 0 Å². The number of ether oxygens (including phenoxy) is 1. The maximum Gasteiger partial charge on any atom is 0.471 e. The predicted molar refractivity (Wildman–Crippen MR) is 42.7 cm³/mol. The summed E-state index contributed by atoms with van der Waals surface area (Å²) in [5, 5.41) is 0. The summed E-state index contributed by atoms with van der Waals surface area (Å²) in [4.78, 5) is 11.7. The first-order chi connectivity index (χ1) is 6.46. The molecule has 82 valence electrons. The number of rotatable bonds is 4. The second-order valence-electron chi connectivity index (χ2n) is 3.22. The second-order valence-corrected chi connectivity index (χ2v) is 3.22. The molecule has 0 aromatic rings. The average molecular weight is 211 g/mol. The molecule has 0 atom stereocenters. The Balaban J connectivity index is 2.53. The molecule has 1 amide bonds. The Morgan fingerprint density at radius 3 is 2.43 bits per heavy atom. The maximum atomic E-state index is 12.1. The summed E-state index contributed by atoms with van der Waals surface area (Å²) < 4.78 is 40.9. The smallest absolute Gasteiger partial charge is 0.383 e. The van der Waals surface area contributed by atoms with Crippen LogP contribution in [0.15, 0.2) is 0 Å². The molecule has 1 aliphatic carbocycles. The highest BCUT2D eigenvalue weighted by Crippen LogP contribution is 2.30. The van der Waals surface area contributed by atoms with Gasteiger partial charge in [-0.1, -0.05) is 0 Å². The molecule has 0 heterocycles. The minimum atomic E-state index is -4.77. The topological polar surface area (TPSA) is 29.5 Å². The van der Waals surface area contributed by atoms with Gasteiger partial charge in [-0.3, -0.25) is 4.79 Å². The molecule has 0 spiro atoms. The van der Waals surface area contributed by atoms with Crippen molar-refractivity contribution in [2.45, 2.75) is 25.1 Å². The molecular weight excluding hydrogens is 199 g/mol. The van der Waals surface area contributed by atoms with Crippen LogP contribution in [0.5, 0.6) is 0 Å². The van der Waals surface area contributed by atoms with E-state index in [1.54, 1.807) is 0 Å². The number of carbonyl (C=O) groups is 1. The van der Waals surface area contributed by atoms with Crippen LogP contribution in [0.4, 0.5) is 13.2 Å². The van der Waals surface area contributed by atoms with E-state index in [-0.39, 0.29) is 19.2 Å². The fraction of sp³-hybridized carbons (Fsp3) is 0.875. The van der Waals surface area contributed by atoms with Crippen molar-refractivity contribution in [3.05, 3.63) is 0 Å². The number of hydrogen-bond donors (Lipinski definition) is 0. The number of alkyl halides is 3. The van der Waals surface area contributed by atoms with Gasteiger partial charge in [0.2, 0.25) is 0 Å². The molecule has 6 heteroatoms. The highest BCUT2D eigenvalue weighted by Gasteiger charge is 2.46. The van der Waals surface area contributed by atoms with E-state index in [4.69, 9.17) is 0 Å². The van der Waals surface area contributed by atoms with Crippen LogP contribution in [0.2, 0.25) is 0 Å². The minimum absolute atomic E-state index is 0.0134. The van der Waals surface area contributed by atoms with E-state index in [0.29, 0.717) is 12.8 Å². The molecule has 1 aliphatic rings. The number of amides is 1. The minimum Gasteiger partial charge on any atom is -0.383 e. The molecule has 1 saturated carbocycles. The lowest BCUT2D eigenvalue weighted by Gasteiger charge is -2.22. The van der Waals surface area contributed by atoms with Crippen molar-refractivity contribution in [3.63, 3.8) is 0 Å². The quantitative estimate of drug-likeness (QED) is 0.699. The van der Waals surface area contributed by atoms with Crippen LogP contribution >= 0.6 is 0 Å². The third-order valence-corrected chi connectivity index (χ3v) is 2.03. The highest BCUT2D eigenvalue weighted by molar-refractivity contribution is 5.82. The standard InChI is InChI=1S/C8H12F3NO2/c1-14-5-4-12(6-2-3-6)7(13)8(9,10)11/h6H,2-5H2,1H3. The van der Waals surface area contributed by atoms with Gasteiger partial charge >= 0.3 is 12.1 Å². The zero-order chi connectivity index (χ0) is 10.8. The first-order valence-corrected chi connectivity index (χ1v) is 4.33. The van der Waals surface area contributed by atoms with Crippen molar-refractivity contribution in [3.8, 4) is 0 Å². The SMILES string of the molecule is COCCN(C(=O)C(F)(F)F)C1CC1. The first-order valence-electron chi connectivity index (χ1n) is 4.33. The van der Waals surface area contributed by atoms with Gasteiger partial charge in [0.25, 0.3) is 0 Å². The molecule has 3 nitrogen and oxygen atoms in total. The third-order valence-electron chi connectivity index (χ3n) is 2.03. The van der Waals surface area contributed by atoms with Crippen LogP contribution < -0.4 is 0 Å². The van der Waals surface area contributed by atoms with E-state index in [1.165, 1.54) is 7.11 Å². The number of hydrogen-bond acceptors (Lipinski definition) is 2. The van der Waals surface area contributed by atoms with Crippen LogP contribution in [-0.4, -0.2) is 43.3 Å². The Morgan fingerprint density at radius 2 is 2.07 bits per heavy atom. The van der Waals surface area contributed by atoms with Gasteiger partial charge in [0.1, 0.15) is 0 Å². The molecular formula is C8H12F3NO2. The largest absolute Gasteiger partial charge is 0.471 e. The van der Waals surface area contributed by atoms with E-state index < -0.39 is 12.1 Å². The molecule has 0 aromatic carbocycles. The number of halogens is 3. The summed E-state index contributed by atoms with van der Waals surface area (Å²) >= 11 is 0. The van der Waals surface area contributed by atoms with Gasteiger partial charge < -0.3 is 9.64 Å². The number of carbonyl (C=O) groups excluding carboxylic acids is 1. The zero-order valence-corrected chi connectivity index (χ0v) is 7.80. The molecule has 0 saturated heterocycles. The monoisotopic (exact) mass is 211 g/mol.